The van der Waals surface area contributed by atoms with Crippen LogP contribution in [0.3, 0.4) is 0 Å². The summed E-state index contributed by atoms with van der Waals surface area (Å²) in [5.74, 6) is -0.121. The second-order valence-corrected chi connectivity index (χ2v) is 2.75. The lowest BCUT2D eigenvalue weighted by atomic mass is 10.2. The van der Waals surface area contributed by atoms with Crippen molar-refractivity contribution in [1.82, 2.24) is 0 Å². The maximum atomic E-state index is 10.9. The first-order valence-corrected chi connectivity index (χ1v) is 4.65. The number of hydrogen-bond acceptors (Lipinski definition) is 2. The highest BCUT2D eigenvalue weighted by Gasteiger charge is 1.97. The van der Waals surface area contributed by atoms with E-state index in [9.17, 15) is 4.79 Å². The van der Waals surface area contributed by atoms with Gasteiger partial charge in [-0.05, 0) is 18.9 Å². The Morgan fingerprint density at radius 3 is 2.67 bits per heavy atom. The number of hydrogen-bond donors (Lipinski definition) is 0. The molecule has 0 aromatic heterocycles. The van der Waals surface area contributed by atoms with Crippen LogP contribution in [0.4, 0.5) is 0 Å². The van der Waals surface area contributed by atoms with Crippen molar-refractivity contribution in [2.24, 2.45) is 0 Å². The highest BCUT2D eigenvalue weighted by atomic mass is 16.5. The van der Waals surface area contributed by atoms with Crippen LogP contribution >= 0.6 is 0 Å². The molecule has 0 aromatic carbocycles. The zero-order valence-electron chi connectivity index (χ0n) is 8.01. The van der Waals surface area contributed by atoms with Gasteiger partial charge in [-0.15, -0.1) is 0 Å². The fourth-order valence-electron chi connectivity index (χ4n) is 0.739. The topological polar surface area (TPSA) is 26.3 Å². The summed E-state index contributed by atoms with van der Waals surface area (Å²) in [5.41, 5.74) is 0. The minimum Gasteiger partial charge on any atom is -0.435 e. The number of carbonyl (C=O) groups is 1. The van der Waals surface area contributed by atoms with E-state index in [0.29, 0.717) is 6.42 Å². The van der Waals surface area contributed by atoms with Crippen molar-refractivity contribution in [1.29, 1.82) is 0 Å². The van der Waals surface area contributed by atoms with E-state index < -0.39 is 0 Å². The Kier molecular flexibility index (Phi) is 7.76. The van der Waals surface area contributed by atoms with Gasteiger partial charge in [-0.1, -0.05) is 26.7 Å². The summed E-state index contributed by atoms with van der Waals surface area (Å²) in [6, 6.07) is 0. The molecule has 2 heteroatoms. The summed E-state index contributed by atoms with van der Waals surface area (Å²) in [6.07, 6.45) is 7.93. The normalized spacial score (nSPS) is 10.5. The molecule has 0 rings (SSSR count). The molecule has 70 valence electrons. The maximum Gasteiger partial charge on any atom is 0.310 e. The molecule has 0 amide bonds. The van der Waals surface area contributed by atoms with Crippen molar-refractivity contribution in [2.45, 2.75) is 46.0 Å². The SMILES string of the molecule is CCC/C=C\OC(=O)CCCC. The van der Waals surface area contributed by atoms with Crippen LogP contribution in [-0.4, -0.2) is 5.97 Å². The van der Waals surface area contributed by atoms with Crippen LogP contribution in [0.15, 0.2) is 12.3 Å². The van der Waals surface area contributed by atoms with Gasteiger partial charge in [0.15, 0.2) is 0 Å². The summed E-state index contributed by atoms with van der Waals surface area (Å²) >= 11 is 0. The van der Waals surface area contributed by atoms with E-state index >= 15 is 0 Å². The predicted molar refractivity (Wildman–Crippen MR) is 49.7 cm³/mol. The summed E-state index contributed by atoms with van der Waals surface area (Å²) in [7, 11) is 0. The van der Waals surface area contributed by atoms with E-state index in [2.05, 4.69) is 13.8 Å². The average molecular weight is 170 g/mol. The fraction of sp³-hybridized carbons (Fsp3) is 0.700. The van der Waals surface area contributed by atoms with Crippen LogP contribution in [0.5, 0.6) is 0 Å². The molecular weight excluding hydrogens is 152 g/mol. The molecule has 2 nitrogen and oxygen atoms in total. The number of rotatable bonds is 6. The van der Waals surface area contributed by atoms with Gasteiger partial charge >= 0.3 is 5.97 Å². The van der Waals surface area contributed by atoms with Crippen molar-refractivity contribution in [3.63, 3.8) is 0 Å². The molecule has 0 aliphatic rings. The first-order chi connectivity index (χ1) is 5.81. The Balaban J connectivity index is 3.30. The third-order valence-corrected chi connectivity index (χ3v) is 1.49. The number of allylic oxidation sites excluding steroid dienone is 1. The first kappa shape index (κ1) is 11.2. The van der Waals surface area contributed by atoms with E-state index in [1.165, 1.54) is 6.26 Å². The average Bonchev–Trinajstić information content (AvgIpc) is 2.09. The van der Waals surface area contributed by atoms with Crippen molar-refractivity contribution < 1.29 is 9.53 Å². The molecule has 0 aliphatic heterocycles. The molecule has 0 aromatic rings. The van der Waals surface area contributed by atoms with Crippen molar-refractivity contribution >= 4 is 5.97 Å². The molecule has 0 fully saturated rings. The van der Waals surface area contributed by atoms with E-state index in [1.807, 2.05) is 6.08 Å². The standard InChI is InChI=1S/C10H18O2/c1-3-5-7-9-12-10(11)8-6-4-2/h7,9H,3-6,8H2,1-2H3/b9-7-. The van der Waals surface area contributed by atoms with Crippen LogP contribution < -0.4 is 0 Å². The van der Waals surface area contributed by atoms with E-state index in [1.54, 1.807) is 0 Å². The number of esters is 1. The molecule has 0 saturated heterocycles. The van der Waals surface area contributed by atoms with Crippen molar-refractivity contribution in [3.05, 3.63) is 12.3 Å². The quantitative estimate of drug-likeness (QED) is 0.452. The third kappa shape index (κ3) is 7.32. The van der Waals surface area contributed by atoms with Gasteiger partial charge in [0.1, 0.15) is 0 Å². The van der Waals surface area contributed by atoms with Crippen molar-refractivity contribution in [3.8, 4) is 0 Å². The molecule has 12 heavy (non-hydrogen) atoms. The smallest absolute Gasteiger partial charge is 0.310 e. The van der Waals surface area contributed by atoms with Gasteiger partial charge in [-0.3, -0.25) is 4.79 Å². The van der Waals surface area contributed by atoms with Crippen LogP contribution in [0.1, 0.15) is 46.0 Å². The Morgan fingerprint density at radius 2 is 2.08 bits per heavy atom. The lowest BCUT2D eigenvalue weighted by Crippen LogP contribution is -1.98. The zero-order chi connectivity index (χ0) is 9.23. The molecule has 0 spiro atoms. The van der Waals surface area contributed by atoms with Crippen molar-refractivity contribution in [2.75, 3.05) is 0 Å². The number of ether oxygens (including phenoxy) is 1. The fourth-order valence-corrected chi connectivity index (χ4v) is 0.739. The molecule has 0 aliphatic carbocycles. The summed E-state index contributed by atoms with van der Waals surface area (Å²) in [4.78, 5) is 10.9. The van der Waals surface area contributed by atoms with E-state index in [4.69, 9.17) is 4.74 Å². The van der Waals surface area contributed by atoms with Gasteiger partial charge in [0.25, 0.3) is 0 Å². The number of unbranched alkanes of at least 4 members (excludes halogenated alkanes) is 2. The second kappa shape index (κ2) is 8.31. The van der Waals surface area contributed by atoms with Gasteiger partial charge in [-0.2, -0.15) is 0 Å². The highest BCUT2D eigenvalue weighted by Crippen LogP contribution is 1.97. The van der Waals surface area contributed by atoms with E-state index in [0.717, 1.165) is 25.7 Å². The lowest BCUT2D eigenvalue weighted by Gasteiger charge is -1.96. The first-order valence-electron chi connectivity index (χ1n) is 4.65. The predicted octanol–water partition coefficient (Wildman–Crippen LogP) is 3.03. The summed E-state index contributed by atoms with van der Waals surface area (Å²) < 4.78 is 4.83. The molecule has 0 unspecified atom stereocenters. The maximum absolute atomic E-state index is 10.9. The molecule has 0 N–H and O–H groups in total. The largest absolute Gasteiger partial charge is 0.435 e. The van der Waals surface area contributed by atoms with Crippen LogP contribution in [0.25, 0.3) is 0 Å². The van der Waals surface area contributed by atoms with Crippen LogP contribution in [-0.2, 0) is 9.53 Å². The van der Waals surface area contributed by atoms with Gasteiger partial charge in [0.05, 0.1) is 6.26 Å². The van der Waals surface area contributed by atoms with Gasteiger partial charge < -0.3 is 4.74 Å². The summed E-state index contributed by atoms with van der Waals surface area (Å²) in [5, 5.41) is 0. The highest BCUT2D eigenvalue weighted by molar-refractivity contribution is 5.69. The molecule has 0 radical (unpaired) electrons. The second-order valence-electron chi connectivity index (χ2n) is 2.75. The minimum atomic E-state index is -0.121. The monoisotopic (exact) mass is 170 g/mol. The summed E-state index contributed by atoms with van der Waals surface area (Å²) in [6.45, 7) is 4.14. The minimum absolute atomic E-state index is 0.121. The van der Waals surface area contributed by atoms with Crippen LogP contribution in [0, 0.1) is 0 Å². The van der Waals surface area contributed by atoms with Gasteiger partial charge in [-0.25, -0.2) is 0 Å². The molecule has 0 bridgehead atoms. The van der Waals surface area contributed by atoms with Crippen LogP contribution in [0.2, 0.25) is 0 Å². The Bertz CT molecular complexity index is 139. The zero-order valence-corrected chi connectivity index (χ0v) is 8.01. The Hall–Kier alpha value is -0.790. The Morgan fingerprint density at radius 1 is 1.33 bits per heavy atom. The van der Waals surface area contributed by atoms with Gasteiger partial charge in [0, 0.05) is 6.42 Å². The lowest BCUT2D eigenvalue weighted by molar-refractivity contribution is -0.138. The molecule has 0 atom stereocenters. The number of carbonyl (C=O) groups excluding carboxylic acids is 1. The van der Waals surface area contributed by atoms with E-state index in [-0.39, 0.29) is 5.97 Å². The Labute approximate surface area is 74.6 Å². The molecule has 0 saturated carbocycles. The molecule has 0 heterocycles. The van der Waals surface area contributed by atoms with Gasteiger partial charge in [0.2, 0.25) is 0 Å². The third-order valence-electron chi connectivity index (χ3n) is 1.49. The molecular formula is C10H18O2.